The molecule has 0 aliphatic heterocycles. The van der Waals surface area contributed by atoms with Crippen molar-refractivity contribution in [3.63, 3.8) is 0 Å². The first kappa shape index (κ1) is 18.4. The number of benzene rings is 1. The second kappa shape index (κ2) is 9.42. The Morgan fingerprint density at radius 1 is 1.16 bits per heavy atom. The quantitative estimate of drug-likeness (QED) is 0.795. The van der Waals surface area contributed by atoms with Crippen LogP contribution in [0.5, 0.6) is 5.75 Å². The van der Waals surface area contributed by atoms with Crippen LogP contribution in [0.1, 0.15) is 18.2 Å². The standard InChI is InChI=1S/C19H23N3O3/c1-15(23)22(13-17-8-5-6-11-20-17)14-19(24)21-12-10-16-7-3-4-9-18(16)25-2/h3-9,11H,10,12-14H2,1-2H3,(H,21,24). The van der Waals surface area contributed by atoms with Crippen molar-refractivity contribution in [3.05, 3.63) is 59.9 Å². The van der Waals surface area contributed by atoms with Gasteiger partial charge in [0, 0.05) is 19.7 Å². The Balaban J connectivity index is 1.84. The fourth-order valence-electron chi connectivity index (χ4n) is 2.44. The van der Waals surface area contributed by atoms with Gasteiger partial charge in [0.1, 0.15) is 5.75 Å². The molecule has 0 atom stereocenters. The number of ether oxygens (including phenoxy) is 1. The number of hydrogen-bond donors (Lipinski definition) is 1. The zero-order valence-corrected chi connectivity index (χ0v) is 14.6. The van der Waals surface area contributed by atoms with Crippen molar-refractivity contribution in [2.75, 3.05) is 20.2 Å². The molecule has 0 fully saturated rings. The van der Waals surface area contributed by atoms with E-state index in [0.717, 1.165) is 17.0 Å². The first-order valence-electron chi connectivity index (χ1n) is 8.14. The van der Waals surface area contributed by atoms with Gasteiger partial charge in [-0.05, 0) is 30.2 Å². The molecule has 0 saturated carbocycles. The number of nitrogens with one attached hydrogen (secondary N) is 1. The lowest BCUT2D eigenvalue weighted by molar-refractivity contribution is -0.134. The van der Waals surface area contributed by atoms with Crippen LogP contribution in [0.15, 0.2) is 48.7 Å². The van der Waals surface area contributed by atoms with Gasteiger partial charge in [-0.1, -0.05) is 24.3 Å². The van der Waals surface area contributed by atoms with E-state index in [1.807, 2.05) is 42.5 Å². The number of carbonyl (C=O) groups excluding carboxylic acids is 2. The number of rotatable bonds is 8. The number of nitrogens with zero attached hydrogens (tertiary/aromatic N) is 2. The lowest BCUT2D eigenvalue weighted by Gasteiger charge is -2.20. The second-order valence-corrected chi connectivity index (χ2v) is 5.61. The van der Waals surface area contributed by atoms with Crippen LogP contribution in [0, 0.1) is 0 Å². The maximum absolute atomic E-state index is 12.1. The molecule has 0 saturated heterocycles. The zero-order valence-electron chi connectivity index (χ0n) is 14.6. The fraction of sp³-hybridized carbons (Fsp3) is 0.316. The van der Waals surface area contributed by atoms with Crippen molar-refractivity contribution in [1.29, 1.82) is 0 Å². The smallest absolute Gasteiger partial charge is 0.239 e. The molecule has 6 heteroatoms. The van der Waals surface area contributed by atoms with E-state index in [1.54, 1.807) is 13.3 Å². The van der Waals surface area contributed by atoms with Gasteiger partial charge in [0.25, 0.3) is 0 Å². The van der Waals surface area contributed by atoms with E-state index in [4.69, 9.17) is 4.74 Å². The summed E-state index contributed by atoms with van der Waals surface area (Å²) in [7, 11) is 1.62. The van der Waals surface area contributed by atoms with Crippen LogP contribution in [0.2, 0.25) is 0 Å². The van der Waals surface area contributed by atoms with Gasteiger partial charge in [0.05, 0.1) is 25.9 Å². The summed E-state index contributed by atoms with van der Waals surface area (Å²) in [6.45, 7) is 2.26. The van der Waals surface area contributed by atoms with Gasteiger partial charge in [-0.25, -0.2) is 0 Å². The molecule has 132 valence electrons. The Morgan fingerprint density at radius 2 is 1.92 bits per heavy atom. The van der Waals surface area contributed by atoms with Crippen molar-refractivity contribution >= 4 is 11.8 Å². The molecular weight excluding hydrogens is 318 g/mol. The number of aromatic nitrogens is 1. The molecule has 1 aromatic carbocycles. The lowest BCUT2D eigenvalue weighted by Crippen LogP contribution is -2.40. The van der Waals surface area contributed by atoms with E-state index < -0.39 is 0 Å². The molecule has 2 amide bonds. The zero-order chi connectivity index (χ0) is 18.1. The minimum Gasteiger partial charge on any atom is -0.496 e. The maximum Gasteiger partial charge on any atom is 0.239 e. The third-order valence-corrected chi connectivity index (χ3v) is 3.77. The number of methoxy groups -OCH3 is 1. The monoisotopic (exact) mass is 341 g/mol. The van der Waals surface area contributed by atoms with Crippen molar-refractivity contribution in [3.8, 4) is 5.75 Å². The molecule has 0 radical (unpaired) electrons. The number of pyridine rings is 1. The van der Waals surface area contributed by atoms with Gasteiger partial charge in [-0.3, -0.25) is 14.6 Å². The van der Waals surface area contributed by atoms with E-state index in [1.165, 1.54) is 11.8 Å². The summed E-state index contributed by atoms with van der Waals surface area (Å²) in [5.74, 6) is 0.448. The molecule has 1 N–H and O–H groups in total. The molecular formula is C19H23N3O3. The van der Waals surface area contributed by atoms with Crippen LogP contribution in [0.3, 0.4) is 0 Å². The summed E-state index contributed by atoms with van der Waals surface area (Å²) in [6, 6.07) is 13.2. The van der Waals surface area contributed by atoms with Gasteiger partial charge >= 0.3 is 0 Å². The molecule has 25 heavy (non-hydrogen) atoms. The molecule has 0 aliphatic carbocycles. The predicted molar refractivity (Wildman–Crippen MR) is 95.0 cm³/mol. The van der Waals surface area contributed by atoms with E-state index >= 15 is 0 Å². The Bertz CT molecular complexity index is 704. The molecule has 0 spiro atoms. The van der Waals surface area contributed by atoms with E-state index in [0.29, 0.717) is 19.5 Å². The third kappa shape index (κ3) is 5.91. The number of hydrogen-bond acceptors (Lipinski definition) is 4. The fourth-order valence-corrected chi connectivity index (χ4v) is 2.44. The first-order valence-corrected chi connectivity index (χ1v) is 8.14. The highest BCUT2D eigenvalue weighted by atomic mass is 16.5. The largest absolute Gasteiger partial charge is 0.496 e. The highest BCUT2D eigenvalue weighted by Gasteiger charge is 2.14. The summed E-state index contributed by atoms with van der Waals surface area (Å²) in [4.78, 5) is 29.6. The molecule has 6 nitrogen and oxygen atoms in total. The topological polar surface area (TPSA) is 71.5 Å². The van der Waals surface area contributed by atoms with Crippen molar-refractivity contribution < 1.29 is 14.3 Å². The van der Waals surface area contributed by atoms with Crippen LogP contribution >= 0.6 is 0 Å². The van der Waals surface area contributed by atoms with Crippen LogP contribution in [0.25, 0.3) is 0 Å². The average molecular weight is 341 g/mol. The summed E-state index contributed by atoms with van der Waals surface area (Å²) >= 11 is 0. The molecule has 0 unspecified atom stereocenters. The third-order valence-electron chi connectivity index (χ3n) is 3.77. The van der Waals surface area contributed by atoms with Crippen LogP contribution < -0.4 is 10.1 Å². The maximum atomic E-state index is 12.1. The molecule has 1 heterocycles. The van der Waals surface area contributed by atoms with Crippen molar-refractivity contribution in [1.82, 2.24) is 15.2 Å². The number of para-hydroxylation sites is 1. The highest BCUT2D eigenvalue weighted by molar-refractivity contribution is 5.83. The minimum atomic E-state index is -0.193. The van der Waals surface area contributed by atoms with Gasteiger partial charge < -0.3 is 15.0 Å². The Labute approximate surface area is 147 Å². The predicted octanol–water partition coefficient (Wildman–Crippen LogP) is 1.80. The SMILES string of the molecule is COc1ccccc1CCNC(=O)CN(Cc1ccccn1)C(C)=O. The number of carbonyl (C=O) groups is 2. The van der Waals surface area contributed by atoms with E-state index in [2.05, 4.69) is 10.3 Å². The molecule has 0 bridgehead atoms. The second-order valence-electron chi connectivity index (χ2n) is 5.61. The van der Waals surface area contributed by atoms with Crippen LogP contribution in [0.4, 0.5) is 0 Å². The van der Waals surface area contributed by atoms with E-state index in [9.17, 15) is 9.59 Å². The Morgan fingerprint density at radius 3 is 2.60 bits per heavy atom. The van der Waals surface area contributed by atoms with Gasteiger partial charge in [0.2, 0.25) is 11.8 Å². The average Bonchev–Trinajstić information content (AvgIpc) is 2.62. The molecule has 2 aromatic rings. The summed E-state index contributed by atoms with van der Waals surface area (Å²) in [5.41, 5.74) is 1.78. The Kier molecular flexibility index (Phi) is 6.95. The molecule has 1 aromatic heterocycles. The Hall–Kier alpha value is -2.89. The molecule has 0 aliphatic rings. The summed E-state index contributed by atoms with van der Waals surface area (Å²) in [5, 5.41) is 2.84. The van der Waals surface area contributed by atoms with Gasteiger partial charge in [0.15, 0.2) is 0 Å². The lowest BCUT2D eigenvalue weighted by atomic mass is 10.1. The summed E-state index contributed by atoms with van der Waals surface area (Å²) in [6.07, 6.45) is 2.33. The van der Waals surface area contributed by atoms with Gasteiger partial charge in [-0.2, -0.15) is 0 Å². The minimum absolute atomic E-state index is 0.0117. The summed E-state index contributed by atoms with van der Waals surface area (Å²) < 4.78 is 5.29. The van der Waals surface area contributed by atoms with Crippen LogP contribution in [-0.2, 0) is 22.6 Å². The normalized spacial score (nSPS) is 10.2. The van der Waals surface area contributed by atoms with Crippen LogP contribution in [-0.4, -0.2) is 41.9 Å². The molecule has 2 rings (SSSR count). The number of amides is 2. The van der Waals surface area contributed by atoms with Gasteiger partial charge in [-0.15, -0.1) is 0 Å². The van der Waals surface area contributed by atoms with Crippen molar-refractivity contribution in [2.45, 2.75) is 19.9 Å². The highest BCUT2D eigenvalue weighted by Crippen LogP contribution is 2.17. The van der Waals surface area contributed by atoms with Crippen molar-refractivity contribution in [2.24, 2.45) is 0 Å². The first-order chi connectivity index (χ1) is 12.1. The van der Waals surface area contributed by atoms with E-state index in [-0.39, 0.29) is 18.4 Å².